The number of amides is 1. The van der Waals surface area contributed by atoms with E-state index in [4.69, 9.17) is 10.00 Å². The molecule has 1 heterocycles. The molecule has 0 radical (unpaired) electrons. The van der Waals surface area contributed by atoms with Crippen molar-refractivity contribution in [3.63, 3.8) is 0 Å². The van der Waals surface area contributed by atoms with Gasteiger partial charge in [0, 0.05) is 18.4 Å². The van der Waals surface area contributed by atoms with E-state index in [1.54, 1.807) is 6.07 Å². The van der Waals surface area contributed by atoms with Gasteiger partial charge in [-0.3, -0.25) is 5.32 Å². The van der Waals surface area contributed by atoms with E-state index in [0.717, 1.165) is 11.3 Å². The first-order valence-electron chi connectivity index (χ1n) is 7.11. The fourth-order valence-corrected chi connectivity index (χ4v) is 2.03. The minimum Gasteiger partial charge on any atom is -0.449 e. The van der Waals surface area contributed by atoms with Crippen LogP contribution in [0.3, 0.4) is 0 Å². The predicted octanol–water partition coefficient (Wildman–Crippen LogP) is 3.77. The lowest BCUT2D eigenvalue weighted by molar-refractivity contribution is 0.147. The summed E-state index contributed by atoms with van der Waals surface area (Å²) in [7, 11) is 1.85. The largest absolute Gasteiger partial charge is 0.449 e. The standard InChI is InChI=1S/C17H19N3O2/c1-12(2)11-22-17(21)19-14-6-4-13(5-7-14)16-9-8-15(10-18)20(16)3/h4-9,12H,11H2,1-3H3,(H,19,21). The lowest BCUT2D eigenvalue weighted by Crippen LogP contribution is -2.16. The Morgan fingerprint density at radius 2 is 1.95 bits per heavy atom. The Hall–Kier alpha value is -2.74. The van der Waals surface area contributed by atoms with Gasteiger partial charge < -0.3 is 9.30 Å². The Morgan fingerprint density at radius 1 is 1.27 bits per heavy atom. The lowest BCUT2D eigenvalue weighted by Gasteiger charge is -2.09. The van der Waals surface area contributed by atoms with Crippen molar-refractivity contribution in [2.24, 2.45) is 13.0 Å². The highest BCUT2D eigenvalue weighted by molar-refractivity contribution is 5.85. The van der Waals surface area contributed by atoms with Gasteiger partial charge in [0.1, 0.15) is 11.8 Å². The zero-order valence-corrected chi connectivity index (χ0v) is 13.0. The molecule has 1 amide bonds. The van der Waals surface area contributed by atoms with E-state index < -0.39 is 6.09 Å². The SMILES string of the molecule is CC(C)COC(=O)Nc1ccc(-c2ccc(C#N)n2C)cc1. The van der Waals surface area contributed by atoms with Gasteiger partial charge in [-0.2, -0.15) is 5.26 Å². The molecule has 0 fully saturated rings. The second-order valence-corrected chi connectivity index (χ2v) is 5.47. The molecular formula is C17H19N3O2. The molecule has 114 valence electrons. The summed E-state index contributed by atoms with van der Waals surface area (Å²) in [6.45, 7) is 4.36. The molecule has 2 rings (SSSR count). The number of aromatic nitrogens is 1. The minimum atomic E-state index is -0.452. The third kappa shape index (κ3) is 3.67. The van der Waals surface area contributed by atoms with Crippen LogP contribution < -0.4 is 5.32 Å². The van der Waals surface area contributed by atoms with Gasteiger partial charge in [0.05, 0.1) is 6.61 Å². The number of nitrogens with one attached hydrogen (secondary N) is 1. The van der Waals surface area contributed by atoms with Gasteiger partial charge in [0.15, 0.2) is 0 Å². The second-order valence-electron chi connectivity index (χ2n) is 5.47. The highest BCUT2D eigenvalue weighted by Gasteiger charge is 2.08. The summed E-state index contributed by atoms with van der Waals surface area (Å²) in [5, 5.41) is 11.7. The van der Waals surface area contributed by atoms with Crippen molar-refractivity contribution in [1.82, 2.24) is 4.57 Å². The molecule has 0 aliphatic rings. The highest BCUT2D eigenvalue weighted by atomic mass is 16.5. The maximum Gasteiger partial charge on any atom is 0.411 e. The van der Waals surface area contributed by atoms with E-state index >= 15 is 0 Å². The van der Waals surface area contributed by atoms with E-state index in [1.807, 2.05) is 55.8 Å². The first kappa shape index (κ1) is 15.6. The molecule has 5 nitrogen and oxygen atoms in total. The maximum absolute atomic E-state index is 11.6. The van der Waals surface area contributed by atoms with E-state index in [0.29, 0.717) is 23.9 Å². The predicted molar refractivity (Wildman–Crippen MR) is 85.4 cm³/mol. The maximum atomic E-state index is 11.6. The molecule has 1 N–H and O–H groups in total. The molecule has 0 bridgehead atoms. The number of hydrogen-bond acceptors (Lipinski definition) is 3. The Bertz CT molecular complexity index is 694. The molecule has 0 saturated carbocycles. The summed E-state index contributed by atoms with van der Waals surface area (Å²) in [6, 6.07) is 13.2. The number of benzene rings is 1. The van der Waals surface area contributed by atoms with Crippen molar-refractivity contribution >= 4 is 11.8 Å². The Morgan fingerprint density at radius 3 is 2.50 bits per heavy atom. The highest BCUT2D eigenvalue weighted by Crippen LogP contribution is 2.23. The number of carbonyl (C=O) groups is 1. The van der Waals surface area contributed by atoms with E-state index in [2.05, 4.69) is 11.4 Å². The van der Waals surface area contributed by atoms with Gasteiger partial charge in [0.25, 0.3) is 0 Å². The number of anilines is 1. The fraction of sp³-hybridized carbons (Fsp3) is 0.294. The summed E-state index contributed by atoms with van der Waals surface area (Å²) in [5.41, 5.74) is 3.21. The van der Waals surface area contributed by atoms with Gasteiger partial charge >= 0.3 is 6.09 Å². The number of ether oxygens (including phenoxy) is 1. The first-order valence-corrected chi connectivity index (χ1v) is 7.11. The number of rotatable bonds is 4. The number of carbonyl (C=O) groups excluding carboxylic acids is 1. The van der Waals surface area contributed by atoms with E-state index in [9.17, 15) is 4.79 Å². The monoisotopic (exact) mass is 297 g/mol. The molecule has 2 aromatic rings. The molecule has 0 saturated heterocycles. The molecule has 0 spiro atoms. The summed E-state index contributed by atoms with van der Waals surface area (Å²) >= 11 is 0. The quantitative estimate of drug-likeness (QED) is 0.934. The molecular weight excluding hydrogens is 278 g/mol. The average Bonchev–Trinajstić information content (AvgIpc) is 2.87. The van der Waals surface area contributed by atoms with Gasteiger partial charge in [-0.15, -0.1) is 0 Å². The van der Waals surface area contributed by atoms with Crippen LogP contribution in [0.2, 0.25) is 0 Å². The minimum absolute atomic E-state index is 0.305. The smallest absolute Gasteiger partial charge is 0.411 e. The molecule has 0 aliphatic carbocycles. The zero-order valence-electron chi connectivity index (χ0n) is 13.0. The first-order chi connectivity index (χ1) is 10.5. The molecule has 0 aliphatic heterocycles. The summed E-state index contributed by atoms with van der Waals surface area (Å²) < 4.78 is 6.90. The van der Waals surface area contributed by atoms with Crippen LogP contribution in [-0.2, 0) is 11.8 Å². The summed E-state index contributed by atoms with van der Waals surface area (Å²) in [6.07, 6.45) is -0.452. The number of nitrogens with zero attached hydrogens (tertiary/aromatic N) is 2. The van der Waals surface area contributed by atoms with Crippen LogP contribution in [0.4, 0.5) is 10.5 Å². The summed E-state index contributed by atoms with van der Waals surface area (Å²) in [5.74, 6) is 0.305. The van der Waals surface area contributed by atoms with Crippen LogP contribution in [0.1, 0.15) is 19.5 Å². The van der Waals surface area contributed by atoms with Crippen LogP contribution in [-0.4, -0.2) is 17.3 Å². The van der Waals surface area contributed by atoms with Gasteiger partial charge in [-0.05, 0) is 35.7 Å². The molecule has 1 aromatic heterocycles. The van der Waals surface area contributed by atoms with Crippen molar-refractivity contribution in [3.05, 3.63) is 42.1 Å². The van der Waals surface area contributed by atoms with Crippen LogP contribution in [0.25, 0.3) is 11.3 Å². The molecule has 5 heteroatoms. The average molecular weight is 297 g/mol. The van der Waals surface area contributed by atoms with Crippen molar-refractivity contribution in [3.8, 4) is 17.3 Å². The van der Waals surface area contributed by atoms with Crippen LogP contribution in [0.15, 0.2) is 36.4 Å². The normalized spacial score (nSPS) is 10.3. The Labute approximate surface area is 130 Å². The van der Waals surface area contributed by atoms with Crippen molar-refractivity contribution < 1.29 is 9.53 Å². The van der Waals surface area contributed by atoms with Gasteiger partial charge in [-0.1, -0.05) is 26.0 Å². The second kappa shape index (κ2) is 6.81. The van der Waals surface area contributed by atoms with Gasteiger partial charge in [-0.25, -0.2) is 4.79 Å². The van der Waals surface area contributed by atoms with Crippen molar-refractivity contribution in [2.45, 2.75) is 13.8 Å². The third-order valence-corrected chi connectivity index (χ3v) is 3.21. The van der Waals surface area contributed by atoms with Crippen molar-refractivity contribution in [1.29, 1.82) is 5.26 Å². The fourth-order valence-electron chi connectivity index (χ4n) is 2.03. The molecule has 1 aromatic carbocycles. The molecule has 0 unspecified atom stereocenters. The summed E-state index contributed by atoms with van der Waals surface area (Å²) in [4.78, 5) is 11.6. The van der Waals surface area contributed by atoms with Crippen LogP contribution >= 0.6 is 0 Å². The Balaban J connectivity index is 2.06. The van der Waals surface area contributed by atoms with Crippen LogP contribution in [0.5, 0.6) is 0 Å². The molecule has 22 heavy (non-hydrogen) atoms. The lowest BCUT2D eigenvalue weighted by atomic mass is 10.1. The third-order valence-electron chi connectivity index (χ3n) is 3.21. The van der Waals surface area contributed by atoms with E-state index in [-0.39, 0.29) is 0 Å². The number of hydrogen-bond donors (Lipinski definition) is 1. The van der Waals surface area contributed by atoms with E-state index in [1.165, 1.54) is 0 Å². The van der Waals surface area contributed by atoms with Crippen LogP contribution in [0, 0.1) is 17.2 Å². The van der Waals surface area contributed by atoms with Gasteiger partial charge in [0.2, 0.25) is 0 Å². The molecule has 0 atom stereocenters. The Kier molecular flexibility index (Phi) is 4.84. The number of nitriles is 1. The topological polar surface area (TPSA) is 67.0 Å². The van der Waals surface area contributed by atoms with Crippen molar-refractivity contribution in [2.75, 3.05) is 11.9 Å². The zero-order chi connectivity index (χ0) is 16.1.